The lowest BCUT2D eigenvalue weighted by Crippen LogP contribution is -1.97. The molecule has 0 bridgehead atoms. The highest BCUT2D eigenvalue weighted by molar-refractivity contribution is 8.04. The van der Waals surface area contributed by atoms with Crippen molar-refractivity contribution in [2.45, 2.75) is 12.1 Å². The van der Waals surface area contributed by atoms with Crippen LogP contribution in [0.25, 0.3) is 28.8 Å². The van der Waals surface area contributed by atoms with Gasteiger partial charge in [0, 0.05) is 16.7 Å². The fraction of sp³-hybridized carbons (Fsp3) is 0.0833. The number of hydrogen-bond donors (Lipinski definition) is 3. The molecule has 2 aromatic carbocycles. The third-order valence-corrected chi connectivity index (χ3v) is 6.05. The van der Waals surface area contributed by atoms with Crippen LogP contribution in [0.15, 0.2) is 63.0 Å². The van der Waals surface area contributed by atoms with Crippen LogP contribution in [-0.4, -0.2) is 44.4 Å². The van der Waals surface area contributed by atoms with Gasteiger partial charge in [-0.05, 0) is 66.7 Å². The number of thioether (sulfide) groups is 1. The summed E-state index contributed by atoms with van der Waals surface area (Å²) in [6, 6.07) is 13.0. The Bertz CT molecular complexity index is 1460. The number of carboxylic acids is 2. The number of halogens is 1. The second kappa shape index (κ2) is 10.1. The summed E-state index contributed by atoms with van der Waals surface area (Å²) < 4.78 is 11.1. The summed E-state index contributed by atoms with van der Waals surface area (Å²) in [5.41, 5.74) is 2.17. The van der Waals surface area contributed by atoms with Crippen LogP contribution < -0.4 is 4.74 Å². The van der Waals surface area contributed by atoms with Crippen molar-refractivity contribution in [3.8, 4) is 28.5 Å². The number of aromatic carboxylic acids is 1. The van der Waals surface area contributed by atoms with E-state index in [-0.39, 0.29) is 15.6 Å². The molecule has 0 amide bonds. The van der Waals surface area contributed by atoms with Gasteiger partial charge in [0.25, 0.3) is 0 Å². The molecule has 0 saturated heterocycles. The minimum Gasteiger partial charge on any atom is -0.496 e. The normalized spacial score (nSPS) is 11.5. The molecule has 2 aromatic heterocycles. The molecular formula is C24H18ClN3O6S. The topological polar surface area (TPSA) is 139 Å². The maximum Gasteiger partial charge on any atom is 0.342 e. The van der Waals surface area contributed by atoms with Gasteiger partial charge in [-0.25, -0.2) is 14.6 Å². The van der Waals surface area contributed by atoms with Crippen LogP contribution in [0, 0.1) is 6.92 Å². The van der Waals surface area contributed by atoms with Gasteiger partial charge in [0.1, 0.15) is 22.2 Å². The van der Waals surface area contributed by atoms with E-state index in [0.29, 0.717) is 44.8 Å². The highest BCUT2D eigenvalue weighted by Crippen LogP contribution is 2.33. The zero-order valence-electron chi connectivity index (χ0n) is 18.4. The molecule has 0 spiro atoms. The number of H-pyrrole nitrogens is 1. The Kier molecular flexibility index (Phi) is 6.94. The maximum atomic E-state index is 11.9. The first-order valence-electron chi connectivity index (χ1n) is 10.1. The molecule has 0 aliphatic rings. The van der Waals surface area contributed by atoms with Crippen molar-refractivity contribution in [1.29, 1.82) is 0 Å². The third kappa shape index (κ3) is 5.39. The number of carbonyl (C=O) groups is 2. The molecule has 178 valence electrons. The van der Waals surface area contributed by atoms with Crippen LogP contribution >= 0.6 is 23.4 Å². The molecule has 0 aliphatic carbocycles. The number of ether oxygens (including phenoxy) is 1. The summed E-state index contributed by atoms with van der Waals surface area (Å²) in [4.78, 5) is 27.3. The van der Waals surface area contributed by atoms with Gasteiger partial charge in [0.2, 0.25) is 5.16 Å². The van der Waals surface area contributed by atoms with Gasteiger partial charge in [-0.3, -0.25) is 5.10 Å². The second-order valence-corrected chi connectivity index (χ2v) is 8.71. The van der Waals surface area contributed by atoms with E-state index in [1.807, 2.05) is 0 Å². The summed E-state index contributed by atoms with van der Waals surface area (Å²) in [6.07, 6.45) is 1.37. The Labute approximate surface area is 208 Å². The van der Waals surface area contributed by atoms with E-state index >= 15 is 0 Å². The van der Waals surface area contributed by atoms with E-state index in [0.717, 1.165) is 11.8 Å². The quantitative estimate of drug-likeness (QED) is 0.203. The van der Waals surface area contributed by atoms with Crippen molar-refractivity contribution in [2.24, 2.45) is 0 Å². The fourth-order valence-electron chi connectivity index (χ4n) is 3.29. The highest BCUT2D eigenvalue weighted by atomic mass is 35.5. The minimum atomic E-state index is -1.18. The number of aromatic amines is 1. The maximum absolute atomic E-state index is 11.9. The molecule has 35 heavy (non-hydrogen) atoms. The second-order valence-electron chi connectivity index (χ2n) is 7.26. The van der Waals surface area contributed by atoms with Crippen molar-refractivity contribution < 1.29 is 29.0 Å². The first-order chi connectivity index (χ1) is 16.7. The van der Waals surface area contributed by atoms with Crippen LogP contribution in [0.3, 0.4) is 0 Å². The average Bonchev–Trinajstić information content (AvgIpc) is 3.48. The molecule has 11 heteroatoms. The van der Waals surface area contributed by atoms with Crippen LogP contribution in [0.2, 0.25) is 5.02 Å². The van der Waals surface area contributed by atoms with Gasteiger partial charge in [-0.2, -0.15) is 0 Å². The lowest BCUT2D eigenvalue weighted by molar-refractivity contribution is -0.131. The molecule has 0 radical (unpaired) electrons. The molecule has 0 aliphatic heterocycles. The fourth-order valence-corrected chi connectivity index (χ4v) is 4.15. The van der Waals surface area contributed by atoms with E-state index < -0.39 is 11.9 Å². The van der Waals surface area contributed by atoms with E-state index in [1.54, 1.807) is 49.4 Å². The van der Waals surface area contributed by atoms with Crippen molar-refractivity contribution in [3.63, 3.8) is 0 Å². The van der Waals surface area contributed by atoms with E-state index in [4.69, 9.17) is 25.9 Å². The zero-order chi connectivity index (χ0) is 25.1. The average molecular weight is 512 g/mol. The molecule has 3 N–H and O–H groups in total. The summed E-state index contributed by atoms with van der Waals surface area (Å²) in [7, 11) is 1.52. The van der Waals surface area contributed by atoms with Crippen LogP contribution in [0.5, 0.6) is 5.75 Å². The number of hydrogen-bond acceptors (Lipinski definition) is 7. The summed E-state index contributed by atoms with van der Waals surface area (Å²) in [6.45, 7) is 1.77. The first kappa shape index (κ1) is 24.1. The monoisotopic (exact) mass is 511 g/mol. The standard InChI is InChI=1S/C24H18ClN3O6S/c1-12-9-13(22(29)30)3-6-16(12)19-8-5-15(34-19)11-20(23(31)32)35-24-26-21(27-28-24)17-10-14(25)4-7-18(17)33-2/h3-11H,1-2H3,(H,29,30)(H,31,32)(H,26,27,28)/b20-11-. The van der Waals surface area contributed by atoms with E-state index in [2.05, 4.69) is 15.2 Å². The molecule has 0 saturated carbocycles. The Morgan fingerprint density at radius 3 is 2.60 bits per heavy atom. The number of nitrogens with zero attached hydrogens (tertiary/aromatic N) is 2. The third-order valence-electron chi connectivity index (χ3n) is 4.93. The minimum absolute atomic E-state index is 0.0625. The van der Waals surface area contributed by atoms with Crippen molar-refractivity contribution >= 4 is 41.4 Å². The molecule has 2 heterocycles. The number of nitrogens with one attached hydrogen (secondary N) is 1. The SMILES string of the molecule is COc1ccc(Cl)cc1-c1nc(S/C(=C\c2ccc(-c3ccc(C(=O)O)cc3C)o2)C(=O)O)n[nH]1. The van der Waals surface area contributed by atoms with Crippen LogP contribution in [-0.2, 0) is 4.79 Å². The Morgan fingerprint density at radius 2 is 1.91 bits per heavy atom. The number of aryl methyl sites for hydroxylation is 1. The summed E-state index contributed by atoms with van der Waals surface area (Å²) in [5.74, 6) is -0.507. The van der Waals surface area contributed by atoms with Gasteiger partial charge < -0.3 is 19.4 Å². The van der Waals surface area contributed by atoms with E-state index in [9.17, 15) is 14.7 Å². The Hall–Kier alpha value is -4.02. The number of methoxy groups -OCH3 is 1. The summed E-state index contributed by atoms with van der Waals surface area (Å²) >= 11 is 6.93. The smallest absolute Gasteiger partial charge is 0.342 e. The molecule has 4 aromatic rings. The molecule has 9 nitrogen and oxygen atoms in total. The van der Waals surface area contributed by atoms with Crippen molar-refractivity contribution in [2.75, 3.05) is 7.11 Å². The zero-order valence-corrected chi connectivity index (χ0v) is 20.0. The van der Waals surface area contributed by atoms with Gasteiger partial charge in [-0.15, -0.1) is 5.10 Å². The van der Waals surface area contributed by atoms with Gasteiger partial charge in [0.05, 0.1) is 18.2 Å². The number of rotatable bonds is 8. The Balaban J connectivity index is 1.59. The number of aromatic nitrogens is 3. The molecule has 0 fully saturated rings. The van der Waals surface area contributed by atoms with Gasteiger partial charge in [0.15, 0.2) is 5.82 Å². The van der Waals surface area contributed by atoms with Crippen molar-refractivity contribution in [3.05, 3.63) is 75.3 Å². The molecule has 0 unspecified atom stereocenters. The lowest BCUT2D eigenvalue weighted by atomic mass is 10.0. The number of aliphatic carboxylic acids is 1. The summed E-state index contributed by atoms with van der Waals surface area (Å²) in [5, 5.41) is 26.4. The van der Waals surface area contributed by atoms with E-state index in [1.165, 1.54) is 19.3 Å². The predicted molar refractivity (Wildman–Crippen MR) is 131 cm³/mol. The number of carboxylic acid groups (broad SMARTS) is 2. The largest absolute Gasteiger partial charge is 0.496 e. The predicted octanol–water partition coefficient (Wildman–Crippen LogP) is 5.62. The van der Waals surface area contributed by atoms with Crippen LogP contribution in [0.1, 0.15) is 21.7 Å². The van der Waals surface area contributed by atoms with Crippen LogP contribution in [0.4, 0.5) is 0 Å². The highest BCUT2D eigenvalue weighted by Gasteiger charge is 2.18. The molecular weight excluding hydrogens is 494 g/mol. The molecule has 0 atom stereocenters. The number of furan rings is 1. The first-order valence-corrected chi connectivity index (χ1v) is 11.3. The van der Waals surface area contributed by atoms with Gasteiger partial charge in [-0.1, -0.05) is 17.7 Å². The van der Waals surface area contributed by atoms with Crippen molar-refractivity contribution in [1.82, 2.24) is 15.2 Å². The Morgan fingerprint density at radius 1 is 1.11 bits per heavy atom. The number of benzene rings is 2. The molecule has 4 rings (SSSR count). The van der Waals surface area contributed by atoms with Gasteiger partial charge >= 0.3 is 11.9 Å². The lowest BCUT2D eigenvalue weighted by Gasteiger charge is -2.05.